The van der Waals surface area contributed by atoms with Crippen LogP contribution >= 0.6 is 11.6 Å². The third-order valence-corrected chi connectivity index (χ3v) is 2.53. The topological polar surface area (TPSA) is 28.7 Å². The molecule has 4 heteroatoms. The van der Waals surface area contributed by atoms with Crippen LogP contribution in [-0.2, 0) is 0 Å². The summed E-state index contributed by atoms with van der Waals surface area (Å²) in [6, 6.07) is 1.56. The van der Waals surface area contributed by atoms with Crippen LogP contribution in [0.15, 0.2) is 12.3 Å². The number of nitrogens with one attached hydrogen (secondary N) is 1. The monoisotopic (exact) mass is 212 g/mol. The van der Waals surface area contributed by atoms with E-state index in [-0.39, 0.29) is 16.8 Å². The molecule has 1 aromatic heterocycles. The maximum Gasteiger partial charge on any atom is 0.146 e. The molecule has 74 valence electrons. The zero-order chi connectivity index (χ0) is 10.3. The van der Waals surface area contributed by atoms with Crippen molar-refractivity contribution in [1.82, 2.24) is 10.2 Å². The van der Waals surface area contributed by atoms with E-state index in [1.54, 1.807) is 12.3 Å². The van der Waals surface area contributed by atoms with E-state index >= 15 is 0 Å². The number of aromatic nitrogens is 2. The summed E-state index contributed by atoms with van der Waals surface area (Å²) in [7, 11) is 0. The summed E-state index contributed by atoms with van der Waals surface area (Å²) >= 11 is 5.77. The van der Waals surface area contributed by atoms with Crippen molar-refractivity contribution in [2.75, 3.05) is 0 Å². The Balaban J connectivity index is 2.86. The first-order valence-corrected chi connectivity index (χ1v) is 4.80. The van der Waals surface area contributed by atoms with E-state index < -0.39 is 0 Å². The summed E-state index contributed by atoms with van der Waals surface area (Å²) in [6.07, 6.45) is 1.63. The minimum absolute atomic E-state index is 0.0915. The second kappa shape index (κ2) is 3.24. The zero-order valence-corrected chi connectivity index (χ0v) is 8.69. The molecule has 0 aliphatic rings. The lowest BCUT2D eigenvalue weighted by atomic mass is 9.99. The Labute approximate surface area is 86.1 Å². The number of nitrogens with zero attached hydrogens (tertiary/aromatic N) is 1. The second-order valence-electron chi connectivity index (χ2n) is 3.57. The van der Waals surface area contributed by atoms with Gasteiger partial charge in [0.05, 0.1) is 16.7 Å². The molecule has 1 N–H and O–H groups in total. The molecular formula is C10H10ClFN2. The largest absolute Gasteiger partial charge is 0.278 e. The van der Waals surface area contributed by atoms with Gasteiger partial charge >= 0.3 is 0 Å². The van der Waals surface area contributed by atoms with E-state index in [9.17, 15) is 4.39 Å². The van der Waals surface area contributed by atoms with E-state index in [2.05, 4.69) is 10.2 Å². The lowest BCUT2D eigenvalue weighted by Crippen LogP contribution is -1.94. The Hall–Kier alpha value is -1.09. The molecule has 0 amide bonds. The molecule has 0 spiro atoms. The molecule has 0 saturated heterocycles. The van der Waals surface area contributed by atoms with E-state index in [1.165, 1.54) is 0 Å². The molecule has 2 rings (SSSR count). The molecule has 2 aromatic rings. The molecule has 14 heavy (non-hydrogen) atoms. The van der Waals surface area contributed by atoms with Crippen LogP contribution in [0.1, 0.15) is 25.3 Å². The van der Waals surface area contributed by atoms with Crippen LogP contribution in [-0.4, -0.2) is 10.2 Å². The fourth-order valence-corrected chi connectivity index (χ4v) is 1.83. The van der Waals surface area contributed by atoms with Crippen LogP contribution in [0.5, 0.6) is 0 Å². The van der Waals surface area contributed by atoms with Crippen LogP contribution in [0.3, 0.4) is 0 Å². The highest BCUT2D eigenvalue weighted by atomic mass is 35.5. The number of fused-ring (bicyclic) bond motifs is 1. The van der Waals surface area contributed by atoms with Gasteiger partial charge in [-0.05, 0) is 12.0 Å². The van der Waals surface area contributed by atoms with E-state index in [1.807, 2.05) is 13.8 Å². The normalized spacial score (nSPS) is 11.5. The van der Waals surface area contributed by atoms with Gasteiger partial charge in [-0.1, -0.05) is 25.4 Å². The lowest BCUT2D eigenvalue weighted by Gasteiger charge is -2.09. The van der Waals surface area contributed by atoms with Gasteiger partial charge in [-0.3, -0.25) is 5.10 Å². The average Bonchev–Trinajstić information content (AvgIpc) is 2.52. The van der Waals surface area contributed by atoms with Crippen molar-refractivity contribution in [3.63, 3.8) is 0 Å². The number of benzene rings is 1. The quantitative estimate of drug-likeness (QED) is 0.770. The highest BCUT2D eigenvalue weighted by Gasteiger charge is 2.15. The molecule has 0 aliphatic carbocycles. The molecular weight excluding hydrogens is 203 g/mol. The van der Waals surface area contributed by atoms with Gasteiger partial charge in [0.1, 0.15) is 5.82 Å². The van der Waals surface area contributed by atoms with Gasteiger partial charge in [0, 0.05) is 10.9 Å². The Kier molecular flexibility index (Phi) is 2.19. The molecule has 0 aliphatic heterocycles. The predicted molar refractivity (Wildman–Crippen MR) is 55.2 cm³/mol. The summed E-state index contributed by atoms with van der Waals surface area (Å²) in [5, 5.41) is 7.61. The van der Waals surface area contributed by atoms with Crippen LogP contribution in [0.2, 0.25) is 5.02 Å². The minimum Gasteiger partial charge on any atom is -0.278 e. The molecule has 2 nitrogen and oxygen atoms in total. The van der Waals surface area contributed by atoms with Gasteiger partial charge in [-0.25, -0.2) is 4.39 Å². The van der Waals surface area contributed by atoms with Gasteiger partial charge in [-0.15, -0.1) is 0 Å². The lowest BCUT2D eigenvalue weighted by molar-refractivity contribution is 0.602. The first kappa shape index (κ1) is 9.46. The first-order chi connectivity index (χ1) is 6.61. The predicted octanol–water partition coefficient (Wildman–Crippen LogP) is 3.48. The van der Waals surface area contributed by atoms with Crippen LogP contribution in [0, 0.1) is 5.82 Å². The van der Waals surface area contributed by atoms with Crippen LogP contribution in [0.4, 0.5) is 4.39 Å². The smallest absolute Gasteiger partial charge is 0.146 e. The van der Waals surface area contributed by atoms with Gasteiger partial charge in [0.15, 0.2) is 0 Å². The summed E-state index contributed by atoms with van der Waals surface area (Å²) in [5.41, 5.74) is 1.40. The maximum atomic E-state index is 13.7. The summed E-state index contributed by atoms with van der Waals surface area (Å²) < 4.78 is 13.7. The Morgan fingerprint density at radius 1 is 1.50 bits per heavy atom. The molecule has 0 atom stereocenters. The molecule has 0 bridgehead atoms. The number of hydrogen-bond donors (Lipinski definition) is 1. The van der Waals surface area contributed by atoms with Gasteiger partial charge in [0.2, 0.25) is 0 Å². The van der Waals surface area contributed by atoms with Crippen molar-refractivity contribution in [1.29, 1.82) is 0 Å². The summed E-state index contributed by atoms with van der Waals surface area (Å²) in [4.78, 5) is 0. The first-order valence-electron chi connectivity index (χ1n) is 4.42. The van der Waals surface area contributed by atoms with Crippen LogP contribution in [0.25, 0.3) is 10.9 Å². The average molecular weight is 213 g/mol. The van der Waals surface area contributed by atoms with E-state index in [4.69, 9.17) is 11.6 Å². The molecule has 0 fully saturated rings. The molecule has 0 radical (unpaired) electrons. The van der Waals surface area contributed by atoms with Gasteiger partial charge < -0.3 is 0 Å². The van der Waals surface area contributed by atoms with E-state index in [0.29, 0.717) is 5.56 Å². The van der Waals surface area contributed by atoms with Crippen molar-refractivity contribution in [3.05, 3.63) is 28.7 Å². The standard InChI is InChI=1S/C10H10ClFN2/c1-5(2)9-6-4-13-14-8(6)3-7(11)10(9)12/h3-5H,1-2H3,(H,13,14). The van der Waals surface area contributed by atoms with Crippen molar-refractivity contribution >= 4 is 22.5 Å². The van der Waals surface area contributed by atoms with Crippen molar-refractivity contribution < 1.29 is 4.39 Å². The van der Waals surface area contributed by atoms with Crippen molar-refractivity contribution in [3.8, 4) is 0 Å². The number of H-pyrrole nitrogens is 1. The fourth-order valence-electron chi connectivity index (χ4n) is 1.62. The van der Waals surface area contributed by atoms with Gasteiger partial charge in [0.25, 0.3) is 0 Å². The number of hydrogen-bond acceptors (Lipinski definition) is 1. The second-order valence-corrected chi connectivity index (χ2v) is 3.98. The Morgan fingerprint density at radius 2 is 2.21 bits per heavy atom. The van der Waals surface area contributed by atoms with E-state index in [0.717, 1.165) is 10.9 Å². The number of aromatic amines is 1. The molecule has 1 heterocycles. The Morgan fingerprint density at radius 3 is 2.86 bits per heavy atom. The highest BCUT2D eigenvalue weighted by molar-refractivity contribution is 6.31. The van der Waals surface area contributed by atoms with Gasteiger partial charge in [-0.2, -0.15) is 5.10 Å². The molecule has 0 unspecified atom stereocenters. The zero-order valence-electron chi connectivity index (χ0n) is 7.94. The Bertz CT molecular complexity index is 476. The highest BCUT2D eigenvalue weighted by Crippen LogP contribution is 2.31. The number of halogens is 2. The fraction of sp³-hybridized carbons (Fsp3) is 0.300. The SMILES string of the molecule is CC(C)c1c(F)c(Cl)cc2[nH]ncc12. The number of rotatable bonds is 1. The molecule has 0 saturated carbocycles. The van der Waals surface area contributed by atoms with Crippen molar-refractivity contribution in [2.45, 2.75) is 19.8 Å². The molecule has 1 aromatic carbocycles. The summed E-state index contributed by atoms with van der Waals surface area (Å²) in [5.74, 6) is -0.246. The minimum atomic E-state index is -0.337. The third kappa shape index (κ3) is 1.28. The van der Waals surface area contributed by atoms with Crippen molar-refractivity contribution in [2.24, 2.45) is 0 Å². The third-order valence-electron chi connectivity index (χ3n) is 2.25. The van der Waals surface area contributed by atoms with Crippen LogP contribution < -0.4 is 0 Å². The maximum absolute atomic E-state index is 13.7. The summed E-state index contributed by atoms with van der Waals surface area (Å²) in [6.45, 7) is 3.86.